The molecule has 0 aromatic carbocycles. The molecule has 3 heterocycles. The van der Waals surface area contributed by atoms with Gasteiger partial charge in [0, 0.05) is 50.8 Å². The lowest BCUT2D eigenvalue weighted by molar-refractivity contribution is -0.132. The number of hydrogen-bond donors (Lipinski definition) is 0. The van der Waals surface area contributed by atoms with Crippen LogP contribution < -0.4 is 15.3 Å². The summed E-state index contributed by atoms with van der Waals surface area (Å²) in [6.45, 7) is 4.81. The molecule has 0 N–H and O–H groups in total. The molecule has 9 nitrogen and oxygen atoms in total. The van der Waals surface area contributed by atoms with E-state index in [0.29, 0.717) is 44.6 Å². The summed E-state index contributed by atoms with van der Waals surface area (Å²) in [5.41, 5.74) is -0.421. The summed E-state index contributed by atoms with van der Waals surface area (Å²) < 4.78 is 6.70. The number of aromatic nitrogens is 4. The number of hydrogen-bond acceptors (Lipinski definition) is 7. The van der Waals surface area contributed by atoms with Crippen LogP contribution in [-0.2, 0) is 11.3 Å². The predicted octanol–water partition coefficient (Wildman–Crippen LogP) is -0.219. The van der Waals surface area contributed by atoms with E-state index >= 15 is 0 Å². The van der Waals surface area contributed by atoms with Gasteiger partial charge in [0.05, 0.1) is 6.61 Å². The minimum atomic E-state index is -0.421. The summed E-state index contributed by atoms with van der Waals surface area (Å²) in [5, 5.41) is 0. The second kappa shape index (κ2) is 7.73. The molecule has 1 aliphatic rings. The number of rotatable bonds is 5. The van der Waals surface area contributed by atoms with E-state index in [1.54, 1.807) is 29.4 Å². The van der Waals surface area contributed by atoms with Gasteiger partial charge in [-0.2, -0.15) is 4.98 Å². The van der Waals surface area contributed by atoms with Crippen molar-refractivity contribution in [2.24, 2.45) is 0 Å². The van der Waals surface area contributed by atoms with Crippen LogP contribution in [0.4, 0.5) is 5.95 Å². The highest BCUT2D eigenvalue weighted by Crippen LogP contribution is 2.15. The molecule has 2 aromatic rings. The highest BCUT2D eigenvalue weighted by Gasteiger charge is 2.23. The average Bonchev–Trinajstić information content (AvgIpc) is 2.64. The van der Waals surface area contributed by atoms with Crippen molar-refractivity contribution in [2.45, 2.75) is 13.5 Å². The van der Waals surface area contributed by atoms with Gasteiger partial charge >= 0.3 is 5.69 Å². The summed E-state index contributed by atoms with van der Waals surface area (Å²) >= 11 is 0. The molecule has 0 aliphatic carbocycles. The van der Waals surface area contributed by atoms with Crippen LogP contribution in [0.5, 0.6) is 5.88 Å². The van der Waals surface area contributed by atoms with Gasteiger partial charge in [0.25, 0.3) is 0 Å². The SMILES string of the molecule is CCOc1ccnc(N2CCN(C(=O)Cn3cccnc3=O)CC2)n1. The van der Waals surface area contributed by atoms with E-state index < -0.39 is 5.69 Å². The van der Waals surface area contributed by atoms with Gasteiger partial charge in [0.2, 0.25) is 17.7 Å². The van der Waals surface area contributed by atoms with Gasteiger partial charge in [-0.05, 0) is 13.0 Å². The maximum atomic E-state index is 12.4. The van der Waals surface area contributed by atoms with Crippen LogP contribution >= 0.6 is 0 Å². The molecular weight excluding hydrogens is 324 g/mol. The molecule has 9 heteroatoms. The quantitative estimate of drug-likeness (QED) is 0.740. The Hall–Kier alpha value is -2.97. The van der Waals surface area contributed by atoms with Crippen molar-refractivity contribution < 1.29 is 9.53 Å². The third-order valence-corrected chi connectivity index (χ3v) is 3.91. The van der Waals surface area contributed by atoms with Crippen molar-refractivity contribution in [3.8, 4) is 5.88 Å². The number of nitrogens with zero attached hydrogens (tertiary/aromatic N) is 6. The van der Waals surface area contributed by atoms with Gasteiger partial charge in [0.15, 0.2) is 0 Å². The van der Waals surface area contributed by atoms with Gasteiger partial charge in [-0.1, -0.05) is 0 Å². The Bertz CT molecular complexity index is 785. The molecule has 3 rings (SSSR count). The van der Waals surface area contributed by atoms with Crippen LogP contribution in [0, 0.1) is 0 Å². The smallest absolute Gasteiger partial charge is 0.347 e. The molecule has 0 atom stereocenters. The van der Waals surface area contributed by atoms with Gasteiger partial charge in [0.1, 0.15) is 6.54 Å². The zero-order chi connectivity index (χ0) is 17.6. The Morgan fingerprint density at radius 3 is 2.72 bits per heavy atom. The van der Waals surface area contributed by atoms with E-state index in [1.807, 2.05) is 11.8 Å². The molecular formula is C16H20N6O3. The summed E-state index contributed by atoms with van der Waals surface area (Å²) in [6.07, 6.45) is 4.65. The zero-order valence-electron chi connectivity index (χ0n) is 14.0. The van der Waals surface area contributed by atoms with Crippen LogP contribution in [-0.4, -0.2) is 63.1 Å². The van der Waals surface area contributed by atoms with Crippen molar-refractivity contribution in [1.29, 1.82) is 0 Å². The second-order valence-electron chi connectivity index (χ2n) is 5.53. The Kier molecular flexibility index (Phi) is 5.22. The van der Waals surface area contributed by atoms with Crippen molar-refractivity contribution in [3.05, 3.63) is 41.2 Å². The van der Waals surface area contributed by atoms with Crippen LogP contribution in [0.3, 0.4) is 0 Å². The monoisotopic (exact) mass is 344 g/mol. The summed E-state index contributed by atoms with van der Waals surface area (Å²) in [6, 6.07) is 3.35. The number of piperazine rings is 1. The van der Waals surface area contributed by atoms with Gasteiger partial charge in [-0.25, -0.2) is 14.8 Å². The minimum Gasteiger partial charge on any atom is -0.478 e. The number of carbonyl (C=O) groups excluding carboxylic acids is 1. The van der Waals surface area contributed by atoms with E-state index in [4.69, 9.17) is 4.74 Å². The summed E-state index contributed by atoms with van der Waals surface area (Å²) in [4.78, 5) is 40.0. The predicted molar refractivity (Wildman–Crippen MR) is 90.5 cm³/mol. The van der Waals surface area contributed by atoms with Gasteiger partial charge in [-0.15, -0.1) is 0 Å². The summed E-state index contributed by atoms with van der Waals surface area (Å²) in [5.74, 6) is 1.04. The Morgan fingerprint density at radius 1 is 1.20 bits per heavy atom. The average molecular weight is 344 g/mol. The maximum Gasteiger partial charge on any atom is 0.347 e. The zero-order valence-corrected chi connectivity index (χ0v) is 14.0. The molecule has 0 saturated carbocycles. The van der Waals surface area contributed by atoms with E-state index in [9.17, 15) is 9.59 Å². The van der Waals surface area contributed by atoms with Gasteiger partial charge < -0.3 is 14.5 Å². The van der Waals surface area contributed by atoms with E-state index in [2.05, 4.69) is 15.0 Å². The maximum absolute atomic E-state index is 12.4. The van der Waals surface area contributed by atoms with Crippen LogP contribution in [0.2, 0.25) is 0 Å². The fraction of sp³-hybridized carbons (Fsp3) is 0.438. The molecule has 1 amide bonds. The molecule has 0 bridgehead atoms. The fourth-order valence-corrected chi connectivity index (χ4v) is 2.62. The van der Waals surface area contributed by atoms with E-state index in [-0.39, 0.29) is 12.5 Å². The van der Waals surface area contributed by atoms with Crippen molar-refractivity contribution in [3.63, 3.8) is 0 Å². The number of anilines is 1. The third kappa shape index (κ3) is 4.11. The highest BCUT2D eigenvalue weighted by molar-refractivity contribution is 5.76. The lowest BCUT2D eigenvalue weighted by Gasteiger charge is -2.34. The van der Waals surface area contributed by atoms with Crippen LogP contribution in [0.25, 0.3) is 0 Å². The first kappa shape index (κ1) is 16.9. The van der Waals surface area contributed by atoms with E-state index in [1.165, 1.54) is 10.8 Å². The number of ether oxygens (including phenoxy) is 1. The first-order valence-electron chi connectivity index (χ1n) is 8.17. The molecule has 1 saturated heterocycles. The molecule has 0 radical (unpaired) electrons. The lowest BCUT2D eigenvalue weighted by atomic mass is 10.3. The normalized spacial score (nSPS) is 14.4. The topological polar surface area (TPSA) is 93.5 Å². The van der Waals surface area contributed by atoms with Crippen LogP contribution in [0.1, 0.15) is 6.92 Å². The van der Waals surface area contributed by atoms with Crippen molar-refractivity contribution >= 4 is 11.9 Å². The van der Waals surface area contributed by atoms with Crippen LogP contribution in [0.15, 0.2) is 35.5 Å². The third-order valence-electron chi connectivity index (χ3n) is 3.91. The number of carbonyl (C=O) groups is 1. The molecule has 1 aliphatic heterocycles. The van der Waals surface area contributed by atoms with Crippen molar-refractivity contribution in [2.75, 3.05) is 37.7 Å². The standard InChI is InChI=1S/C16H20N6O3/c1-2-25-13-4-6-17-15(19-13)21-10-8-20(9-11-21)14(23)12-22-7-3-5-18-16(22)24/h3-7H,2,8-12H2,1H3. The molecule has 1 fully saturated rings. The number of amides is 1. The highest BCUT2D eigenvalue weighted by atomic mass is 16.5. The summed E-state index contributed by atoms with van der Waals surface area (Å²) in [7, 11) is 0. The molecule has 25 heavy (non-hydrogen) atoms. The Balaban J connectivity index is 1.58. The van der Waals surface area contributed by atoms with Gasteiger partial charge in [-0.3, -0.25) is 9.36 Å². The minimum absolute atomic E-state index is 0.00297. The first-order chi connectivity index (χ1) is 12.2. The largest absolute Gasteiger partial charge is 0.478 e. The lowest BCUT2D eigenvalue weighted by Crippen LogP contribution is -2.50. The fourth-order valence-electron chi connectivity index (χ4n) is 2.62. The molecule has 132 valence electrons. The van der Waals surface area contributed by atoms with Crippen molar-refractivity contribution in [1.82, 2.24) is 24.4 Å². The Labute approximate surface area is 144 Å². The second-order valence-corrected chi connectivity index (χ2v) is 5.53. The first-order valence-corrected chi connectivity index (χ1v) is 8.17. The van der Waals surface area contributed by atoms with E-state index in [0.717, 1.165) is 0 Å². The Morgan fingerprint density at radius 2 is 2.00 bits per heavy atom. The molecule has 0 spiro atoms. The molecule has 0 unspecified atom stereocenters. The molecule has 2 aromatic heterocycles.